The Morgan fingerprint density at radius 2 is 1.85 bits per heavy atom. The lowest BCUT2D eigenvalue weighted by atomic mass is 10.1. The summed E-state index contributed by atoms with van der Waals surface area (Å²) in [5, 5.41) is 22.4. The third kappa shape index (κ3) is 3.97. The number of fused-ring (bicyclic) bond motifs is 1. The van der Waals surface area contributed by atoms with Crippen molar-refractivity contribution in [3.8, 4) is 0 Å². The lowest BCUT2D eigenvalue weighted by Gasteiger charge is -2.30. The van der Waals surface area contributed by atoms with E-state index in [2.05, 4.69) is 20.4 Å². The van der Waals surface area contributed by atoms with Crippen molar-refractivity contribution in [2.75, 3.05) is 18.4 Å². The van der Waals surface area contributed by atoms with Gasteiger partial charge in [-0.15, -0.1) is 5.10 Å². The molecular weight excluding hydrogens is 340 g/mol. The average molecular weight is 362 g/mol. The first kappa shape index (κ1) is 17.6. The van der Waals surface area contributed by atoms with Crippen LogP contribution in [0.25, 0.3) is 10.8 Å². The van der Waals surface area contributed by atoms with Crippen LogP contribution < -0.4 is 5.32 Å². The van der Waals surface area contributed by atoms with Crippen LogP contribution in [-0.2, 0) is 6.54 Å². The van der Waals surface area contributed by atoms with Crippen LogP contribution in [0, 0.1) is 0 Å². The maximum absolute atomic E-state index is 12.9. The highest BCUT2D eigenvalue weighted by Gasteiger charge is 2.19. The summed E-state index contributed by atoms with van der Waals surface area (Å²) in [6, 6.07) is 15.4. The number of nitrogens with zero attached hydrogens (tertiary/aromatic N) is 3. The molecule has 0 atom stereocenters. The van der Waals surface area contributed by atoms with Crippen molar-refractivity contribution < 1.29 is 9.90 Å². The molecule has 1 aliphatic heterocycles. The first-order valence-corrected chi connectivity index (χ1v) is 9.21. The number of aliphatic hydroxyl groups excluding tert-OH is 1. The summed E-state index contributed by atoms with van der Waals surface area (Å²) >= 11 is 0. The monoisotopic (exact) mass is 362 g/mol. The minimum absolute atomic E-state index is 0.193. The van der Waals surface area contributed by atoms with Gasteiger partial charge in [-0.1, -0.05) is 42.5 Å². The number of piperidine rings is 1. The van der Waals surface area contributed by atoms with Gasteiger partial charge in [-0.3, -0.25) is 9.69 Å². The van der Waals surface area contributed by atoms with E-state index in [1.54, 1.807) is 6.20 Å². The van der Waals surface area contributed by atoms with Crippen LogP contribution in [0.3, 0.4) is 0 Å². The molecule has 0 saturated carbocycles. The molecule has 0 aliphatic carbocycles. The number of aliphatic hydroxyl groups is 1. The van der Waals surface area contributed by atoms with Crippen LogP contribution in [0.5, 0.6) is 0 Å². The highest BCUT2D eigenvalue weighted by molar-refractivity contribution is 6.11. The third-order valence-electron chi connectivity index (χ3n) is 5.00. The number of carbonyl (C=O) groups is 1. The van der Waals surface area contributed by atoms with Crippen molar-refractivity contribution in [2.24, 2.45) is 0 Å². The lowest BCUT2D eigenvalue weighted by Crippen LogP contribution is -2.35. The number of likely N-dealkylation sites (tertiary alicyclic amines) is 1. The number of carbonyl (C=O) groups excluding carboxylic acids is 1. The van der Waals surface area contributed by atoms with Gasteiger partial charge in [-0.05, 0) is 24.5 Å². The fourth-order valence-electron chi connectivity index (χ4n) is 3.48. The molecule has 6 nitrogen and oxygen atoms in total. The summed E-state index contributed by atoms with van der Waals surface area (Å²) in [7, 11) is 0. The van der Waals surface area contributed by atoms with Gasteiger partial charge in [-0.25, -0.2) is 0 Å². The Morgan fingerprint density at radius 3 is 2.70 bits per heavy atom. The summed E-state index contributed by atoms with van der Waals surface area (Å²) in [4.78, 5) is 15.2. The lowest BCUT2D eigenvalue weighted by molar-refractivity contribution is 0.0793. The van der Waals surface area contributed by atoms with Gasteiger partial charge in [0, 0.05) is 36.1 Å². The second kappa shape index (κ2) is 7.82. The van der Waals surface area contributed by atoms with E-state index in [-0.39, 0.29) is 12.0 Å². The van der Waals surface area contributed by atoms with Crippen molar-refractivity contribution in [2.45, 2.75) is 25.5 Å². The zero-order chi connectivity index (χ0) is 18.6. The first-order valence-electron chi connectivity index (χ1n) is 9.21. The maximum Gasteiger partial charge on any atom is 0.276 e. The van der Waals surface area contributed by atoms with E-state index in [9.17, 15) is 9.90 Å². The summed E-state index contributed by atoms with van der Waals surface area (Å²) in [6.07, 6.45) is 3.05. The van der Waals surface area contributed by atoms with Crippen LogP contribution in [0.2, 0.25) is 0 Å². The van der Waals surface area contributed by atoms with Crippen LogP contribution in [0.1, 0.15) is 28.9 Å². The molecule has 1 aliphatic rings. The second-order valence-electron chi connectivity index (χ2n) is 6.90. The summed E-state index contributed by atoms with van der Waals surface area (Å²) < 4.78 is 0. The molecule has 3 aromatic rings. The van der Waals surface area contributed by atoms with E-state index >= 15 is 0 Å². The number of benzene rings is 2. The van der Waals surface area contributed by atoms with Gasteiger partial charge in [0.25, 0.3) is 5.91 Å². The van der Waals surface area contributed by atoms with E-state index in [1.165, 1.54) is 0 Å². The quantitative estimate of drug-likeness (QED) is 0.746. The molecule has 4 rings (SSSR count). The Balaban J connectivity index is 1.55. The molecule has 138 valence electrons. The second-order valence-corrected chi connectivity index (χ2v) is 6.90. The topological polar surface area (TPSA) is 78.4 Å². The summed E-state index contributed by atoms with van der Waals surface area (Å²) in [5.74, 6) is -0.263. The molecule has 6 heteroatoms. The molecule has 2 heterocycles. The smallest absolute Gasteiger partial charge is 0.276 e. The standard InChI is InChI=1S/C21H22N4O2/c26-17-9-11-25(12-10-17)14-16-6-2-4-8-19(16)23-21(27)20-18-7-3-1-5-15(18)13-22-24-20/h1-8,13,17,26H,9-12,14H2,(H,23,27). The minimum Gasteiger partial charge on any atom is -0.393 e. The number of nitrogens with one attached hydrogen (secondary N) is 1. The molecule has 1 saturated heterocycles. The van der Waals surface area contributed by atoms with E-state index in [1.807, 2.05) is 48.5 Å². The third-order valence-corrected chi connectivity index (χ3v) is 5.00. The molecule has 2 N–H and O–H groups in total. The molecule has 0 unspecified atom stereocenters. The number of para-hydroxylation sites is 1. The molecule has 0 spiro atoms. The van der Waals surface area contributed by atoms with Crippen molar-refractivity contribution in [1.29, 1.82) is 0 Å². The van der Waals surface area contributed by atoms with Gasteiger partial charge >= 0.3 is 0 Å². The van der Waals surface area contributed by atoms with Crippen LogP contribution in [0.4, 0.5) is 5.69 Å². The number of aromatic nitrogens is 2. The average Bonchev–Trinajstić information content (AvgIpc) is 2.70. The van der Waals surface area contributed by atoms with Gasteiger partial charge in [0.15, 0.2) is 5.69 Å². The van der Waals surface area contributed by atoms with Crippen molar-refractivity contribution in [3.63, 3.8) is 0 Å². The minimum atomic E-state index is -0.263. The van der Waals surface area contributed by atoms with Crippen LogP contribution in [-0.4, -0.2) is 45.3 Å². The molecule has 0 bridgehead atoms. The molecule has 27 heavy (non-hydrogen) atoms. The van der Waals surface area contributed by atoms with Gasteiger partial charge in [0.2, 0.25) is 0 Å². The zero-order valence-corrected chi connectivity index (χ0v) is 15.0. The highest BCUT2D eigenvalue weighted by Crippen LogP contribution is 2.22. The van der Waals surface area contributed by atoms with E-state index in [4.69, 9.17) is 0 Å². The molecular formula is C21H22N4O2. The molecule has 0 radical (unpaired) electrons. The van der Waals surface area contributed by atoms with Gasteiger partial charge in [-0.2, -0.15) is 5.10 Å². The van der Waals surface area contributed by atoms with Crippen LogP contribution >= 0.6 is 0 Å². The first-order chi connectivity index (χ1) is 13.2. The molecule has 1 aromatic heterocycles. The number of hydrogen-bond acceptors (Lipinski definition) is 5. The Morgan fingerprint density at radius 1 is 1.11 bits per heavy atom. The summed E-state index contributed by atoms with van der Waals surface area (Å²) in [6.45, 7) is 2.46. The Labute approximate surface area is 157 Å². The zero-order valence-electron chi connectivity index (χ0n) is 15.0. The molecule has 2 aromatic carbocycles. The maximum atomic E-state index is 12.9. The highest BCUT2D eigenvalue weighted by atomic mass is 16.3. The number of amides is 1. The fourth-order valence-corrected chi connectivity index (χ4v) is 3.48. The Bertz CT molecular complexity index is 946. The molecule has 1 fully saturated rings. The van der Waals surface area contributed by atoms with Gasteiger partial charge in [0.05, 0.1) is 12.3 Å². The Kier molecular flexibility index (Phi) is 5.09. The van der Waals surface area contributed by atoms with Gasteiger partial charge < -0.3 is 10.4 Å². The van der Waals surface area contributed by atoms with Crippen molar-refractivity contribution in [1.82, 2.24) is 15.1 Å². The largest absolute Gasteiger partial charge is 0.393 e. The SMILES string of the molecule is O=C(Nc1ccccc1CN1CCC(O)CC1)c1nncc2ccccc12. The van der Waals surface area contributed by atoms with E-state index in [0.717, 1.165) is 54.5 Å². The van der Waals surface area contributed by atoms with Crippen molar-refractivity contribution >= 4 is 22.4 Å². The van der Waals surface area contributed by atoms with Gasteiger partial charge in [0.1, 0.15) is 0 Å². The number of anilines is 1. The van der Waals surface area contributed by atoms with Crippen molar-refractivity contribution in [3.05, 3.63) is 66.0 Å². The van der Waals surface area contributed by atoms with E-state index in [0.29, 0.717) is 5.69 Å². The number of rotatable bonds is 4. The summed E-state index contributed by atoms with van der Waals surface area (Å²) in [5.41, 5.74) is 2.16. The predicted octanol–water partition coefficient (Wildman–Crippen LogP) is 2.84. The fraction of sp³-hybridized carbons (Fsp3) is 0.286. The molecule has 1 amide bonds. The normalized spacial score (nSPS) is 15.7. The van der Waals surface area contributed by atoms with E-state index < -0.39 is 0 Å². The number of hydrogen-bond donors (Lipinski definition) is 2. The predicted molar refractivity (Wildman–Crippen MR) is 104 cm³/mol. The van der Waals surface area contributed by atoms with Crippen LogP contribution in [0.15, 0.2) is 54.7 Å². The Hall–Kier alpha value is -2.83.